The molecule has 0 unspecified atom stereocenters. The van der Waals surface area contributed by atoms with Crippen molar-refractivity contribution in [3.63, 3.8) is 0 Å². The summed E-state index contributed by atoms with van der Waals surface area (Å²) in [5.74, 6) is -1.11. The molecular weight excluding hydrogens is 354 g/mol. The van der Waals surface area contributed by atoms with Gasteiger partial charge in [0.25, 0.3) is 5.91 Å². The highest BCUT2D eigenvalue weighted by Crippen LogP contribution is 2.24. The highest BCUT2D eigenvalue weighted by atomic mass is 32.1. The van der Waals surface area contributed by atoms with Crippen molar-refractivity contribution in [2.45, 2.75) is 32.9 Å². The summed E-state index contributed by atoms with van der Waals surface area (Å²) in [4.78, 5) is 41.1. The summed E-state index contributed by atoms with van der Waals surface area (Å²) in [6.07, 6.45) is 0. The first kappa shape index (κ1) is 18.1. The number of rotatable bonds is 5. The lowest BCUT2D eigenvalue weighted by molar-refractivity contribution is -0.148. The van der Waals surface area contributed by atoms with E-state index in [0.717, 1.165) is 15.5 Å². The van der Waals surface area contributed by atoms with Crippen LogP contribution in [0.5, 0.6) is 0 Å². The molecule has 0 bridgehead atoms. The van der Waals surface area contributed by atoms with Gasteiger partial charge in [-0.1, -0.05) is 29.8 Å². The van der Waals surface area contributed by atoms with Gasteiger partial charge in [0, 0.05) is 10.9 Å². The maximum atomic E-state index is 12.1. The number of hydrogen-bond acceptors (Lipinski definition) is 6. The van der Waals surface area contributed by atoms with Crippen LogP contribution in [0.1, 0.15) is 25.1 Å². The molecule has 0 atom stereocenters. The predicted molar refractivity (Wildman–Crippen MR) is 96.4 cm³/mol. The second-order valence-corrected chi connectivity index (χ2v) is 7.48. The van der Waals surface area contributed by atoms with E-state index in [1.807, 2.05) is 36.6 Å². The molecule has 1 aromatic heterocycles. The Morgan fingerprint density at radius 1 is 1.27 bits per heavy atom. The maximum absolute atomic E-state index is 12.1. The molecule has 26 heavy (non-hydrogen) atoms. The minimum absolute atomic E-state index is 0.00572. The van der Waals surface area contributed by atoms with E-state index in [4.69, 9.17) is 4.74 Å². The molecule has 3 amide bonds. The standard InChI is InChI=1S/C18H19N3O4S/c1-11-4-6-12(7-5-11)15-19-13(10-26-15)9-25-14(22)8-21-16(23)18(2,3)20-17(21)24/h4-7,10H,8-9H2,1-3H3,(H,20,24). The molecule has 1 aliphatic rings. The quantitative estimate of drug-likeness (QED) is 0.643. The molecular formula is C18H19N3O4S. The van der Waals surface area contributed by atoms with E-state index in [9.17, 15) is 14.4 Å². The normalized spacial score (nSPS) is 15.9. The molecule has 2 heterocycles. The number of amides is 3. The number of nitrogens with zero attached hydrogens (tertiary/aromatic N) is 2. The number of nitrogens with one attached hydrogen (secondary N) is 1. The lowest BCUT2D eigenvalue weighted by atomic mass is 10.1. The molecule has 0 spiro atoms. The first-order valence-electron chi connectivity index (χ1n) is 8.07. The van der Waals surface area contributed by atoms with Gasteiger partial charge in [0.1, 0.15) is 23.7 Å². The van der Waals surface area contributed by atoms with Crippen molar-refractivity contribution in [1.29, 1.82) is 0 Å². The summed E-state index contributed by atoms with van der Waals surface area (Å²) in [5, 5.41) is 5.18. The fourth-order valence-corrected chi connectivity index (χ4v) is 3.30. The van der Waals surface area contributed by atoms with Crippen LogP contribution in [0.25, 0.3) is 10.6 Å². The second kappa shape index (κ2) is 6.87. The third kappa shape index (κ3) is 3.75. The third-order valence-electron chi connectivity index (χ3n) is 3.96. The molecule has 0 aliphatic carbocycles. The van der Waals surface area contributed by atoms with Crippen molar-refractivity contribution in [2.75, 3.05) is 6.54 Å². The van der Waals surface area contributed by atoms with Gasteiger partial charge in [-0.05, 0) is 20.8 Å². The number of aryl methyl sites for hydroxylation is 1. The number of hydrogen-bond donors (Lipinski definition) is 1. The zero-order chi connectivity index (χ0) is 18.9. The Kier molecular flexibility index (Phi) is 4.78. The molecule has 136 valence electrons. The summed E-state index contributed by atoms with van der Waals surface area (Å²) in [7, 11) is 0. The summed E-state index contributed by atoms with van der Waals surface area (Å²) in [6, 6.07) is 7.41. The topological polar surface area (TPSA) is 88.6 Å². The summed E-state index contributed by atoms with van der Waals surface area (Å²) >= 11 is 1.46. The zero-order valence-corrected chi connectivity index (χ0v) is 15.6. The van der Waals surface area contributed by atoms with Crippen LogP contribution < -0.4 is 5.32 Å². The van der Waals surface area contributed by atoms with Gasteiger partial charge in [0.15, 0.2) is 0 Å². The van der Waals surface area contributed by atoms with Crippen LogP contribution in [0.3, 0.4) is 0 Å². The lowest BCUT2D eigenvalue weighted by Crippen LogP contribution is -2.41. The van der Waals surface area contributed by atoms with Crippen molar-refractivity contribution in [3.05, 3.63) is 40.9 Å². The van der Waals surface area contributed by atoms with Crippen molar-refractivity contribution in [2.24, 2.45) is 0 Å². The number of thiazole rings is 1. The monoisotopic (exact) mass is 373 g/mol. The van der Waals surface area contributed by atoms with Gasteiger partial charge in [-0.15, -0.1) is 11.3 Å². The smallest absolute Gasteiger partial charge is 0.326 e. The Labute approximate surface area is 155 Å². The average Bonchev–Trinajstić information content (AvgIpc) is 3.12. The van der Waals surface area contributed by atoms with Crippen molar-refractivity contribution >= 4 is 29.2 Å². The largest absolute Gasteiger partial charge is 0.458 e. The van der Waals surface area contributed by atoms with Crippen LogP contribution >= 0.6 is 11.3 Å². The van der Waals surface area contributed by atoms with Gasteiger partial charge in [0.2, 0.25) is 0 Å². The van der Waals surface area contributed by atoms with Gasteiger partial charge in [-0.2, -0.15) is 0 Å². The summed E-state index contributed by atoms with van der Waals surface area (Å²) in [6.45, 7) is 4.77. The van der Waals surface area contributed by atoms with Gasteiger partial charge >= 0.3 is 12.0 Å². The van der Waals surface area contributed by atoms with E-state index in [-0.39, 0.29) is 6.61 Å². The fourth-order valence-electron chi connectivity index (χ4n) is 2.49. The molecule has 0 saturated carbocycles. The predicted octanol–water partition coefficient (Wildman–Crippen LogP) is 2.49. The van der Waals surface area contributed by atoms with Gasteiger partial charge < -0.3 is 10.1 Å². The van der Waals surface area contributed by atoms with Gasteiger partial charge in [-0.3, -0.25) is 14.5 Å². The molecule has 3 rings (SSSR count). The molecule has 0 radical (unpaired) electrons. The molecule has 1 aromatic carbocycles. The van der Waals surface area contributed by atoms with Crippen LogP contribution in [-0.2, 0) is 20.9 Å². The lowest BCUT2D eigenvalue weighted by Gasteiger charge is -2.15. The second-order valence-electron chi connectivity index (χ2n) is 6.62. The highest BCUT2D eigenvalue weighted by molar-refractivity contribution is 7.13. The number of benzene rings is 1. The number of imide groups is 1. The Hall–Kier alpha value is -2.74. The van der Waals surface area contributed by atoms with Gasteiger partial charge in [-0.25, -0.2) is 9.78 Å². The van der Waals surface area contributed by atoms with E-state index in [1.165, 1.54) is 16.9 Å². The number of urea groups is 1. The molecule has 2 aromatic rings. The number of carbonyl (C=O) groups is 3. The van der Waals surface area contributed by atoms with Gasteiger partial charge in [0.05, 0.1) is 5.69 Å². The summed E-state index contributed by atoms with van der Waals surface area (Å²) < 4.78 is 5.15. The highest BCUT2D eigenvalue weighted by Gasteiger charge is 2.45. The molecule has 1 N–H and O–H groups in total. The average molecular weight is 373 g/mol. The van der Waals surface area contributed by atoms with E-state index in [2.05, 4.69) is 10.3 Å². The van der Waals surface area contributed by atoms with Crippen molar-refractivity contribution in [1.82, 2.24) is 15.2 Å². The first-order valence-corrected chi connectivity index (χ1v) is 8.95. The first-order chi connectivity index (χ1) is 12.3. The van der Waals surface area contributed by atoms with E-state index in [1.54, 1.807) is 13.8 Å². The zero-order valence-electron chi connectivity index (χ0n) is 14.7. The van der Waals surface area contributed by atoms with Crippen molar-refractivity contribution in [3.8, 4) is 10.6 Å². The van der Waals surface area contributed by atoms with Crippen molar-refractivity contribution < 1.29 is 19.1 Å². The van der Waals surface area contributed by atoms with Crippen LogP contribution in [0.4, 0.5) is 4.79 Å². The Balaban J connectivity index is 1.56. The fraction of sp³-hybridized carbons (Fsp3) is 0.333. The van der Waals surface area contributed by atoms with Crippen LogP contribution in [0, 0.1) is 6.92 Å². The van der Waals surface area contributed by atoms with E-state index >= 15 is 0 Å². The number of esters is 1. The maximum Gasteiger partial charge on any atom is 0.326 e. The molecule has 7 nitrogen and oxygen atoms in total. The Morgan fingerprint density at radius 2 is 1.96 bits per heavy atom. The number of ether oxygens (including phenoxy) is 1. The molecule has 8 heteroatoms. The van der Waals surface area contributed by atoms with E-state index < -0.39 is 30.0 Å². The van der Waals surface area contributed by atoms with Crippen LogP contribution in [0.15, 0.2) is 29.6 Å². The minimum atomic E-state index is -1.00. The van der Waals surface area contributed by atoms with E-state index in [0.29, 0.717) is 5.69 Å². The SMILES string of the molecule is Cc1ccc(-c2nc(COC(=O)CN3C(=O)NC(C)(C)C3=O)cs2)cc1. The van der Waals surface area contributed by atoms with Crippen LogP contribution in [-0.4, -0.2) is 39.9 Å². The summed E-state index contributed by atoms with van der Waals surface area (Å²) in [5.41, 5.74) is 1.79. The Bertz CT molecular complexity index is 858. The third-order valence-corrected chi connectivity index (χ3v) is 4.90. The molecule has 1 fully saturated rings. The molecule has 1 aliphatic heterocycles. The number of aromatic nitrogens is 1. The van der Waals surface area contributed by atoms with Crippen LogP contribution in [0.2, 0.25) is 0 Å². The Morgan fingerprint density at radius 3 is 2.58 bits per heavy atom. The minimum Gasteiger partial charge on any atom is -0.458 e. The molecule has 1 saturated heterocycles. The number of carbonyl (C=O) groups excluding carboxylic acids is 3.